The molecule has 4 aromatic carbocycles. The molecule has 108 valence electrons. The largest absolute Gasteiger partial charge is 0.496 e. The smallest absolute Gasteiger partial charge is 0.127 e. The molecule has 0 amide bonds. The maximum Gasteiger partial charge on any atom is 0.127 e. The van der Waals surface area contributed by atoms with Crippen LogP contribution in [0.5, 0.6) is 11.5 Å². The molecule has 0 spiro atoms. The summed E-state index contributed by atoms with van der Waals surface area (Å²) in [5, 5.41) is 6.98. The SMILES string of the molecule is COc1cc2c3ccccc3c(OC)cc2c2ccccc12. The summed E-state index contributed by atoms with van der Waals surface area (Å²) in [4.78, 5) is 0. The maximum absolute atomic E-state index is 5.61. The molecule has 0 N–H and O–H groups in total. The number of fused-ring (bicyclic) bond motifs is 5. The van der Waals surface area contributed by atoms with Crippen LogP contribution >= 0.6 is 0 Å². The standard InChI is InChI=1S/C20H16O2/c1-21-19-11-17-14-8-4-6-10-16(14)20(22-2)12-18(17)13-7-3-5-9-15(13)19/h3-12H,1-2H3. The van der Waals surface area contributed by atoms with Crippen molar-refractivity contribution in [1.82, 2.24) is 0 Å². The van der Waals surface area contributed by atoms with E-state index in [0.29, 0.717) is 0 Å². The zero-order chi connectivity index (χ0) is 15.1. The van der Waals surface area contributed by atoms with E-state index in [4.69, 9.17) is 9.47 Å². The van der Waals surface area contributed by atoms with Gasteiger partial charge in [0.25, 0.3) is 0 Å². The van der Waals surface area contributed by atoms with Gasteiger partial charge in [-0.05, 0) is 33.7 Å². The molecule has 22 heavy (non-hydrogen) atoms. The topological polar surface area (TPSA) is 18.5 Å². The van der Waals surface area contributed by atoms with E-state index in [1.807, 2.05) is 12.1 Å². The van der Waals surface area contributed by atoms with Gasteiger partial charge >= 0.3 is 0 Å². The van der Waals surface area contributed by atoms with Gasteiger partial charge in [0.05, 0.1) is 14.2 Å². The molecule has 2 nitrogen and oxygen atoms in total. The van der Waals surface area contributed by atoms with Crippen molar-refractivity contribution >= 4 is 32.3 Å². The minimum Gasteiger partial charge on any atom is -0.496 e. The Labute approximate surface area is 128 Å². The second-order valence-corrected chi connectivity index (χ2v) is 5.34. The molecule has 0 aliphatic carbocycles. The van der Waals surface area contributed by atoms with Crippen molar-refractivity contribution in [3.05, 3.63) is 60.7 Å². The van der Waals surface area contributed by atoms with E-state index in [0.717, 1.165) is 22.3 Å². The van der Waals surface area contributed by atoms with Crippen molar-refractivity contribution in [3.8, 4) is 11.5 Å². The molecule has 0 fully saturated rings. The van der Waals surface area contributed by atoms with Crippen LogP contribution in [0.1, 0.15) is 0 Å². The highest BCUT2D eigenvalue weighted by molar-refractivity contribution is 6.20. The van der Waals surface area contributed by atoms with Gasteiger partial charge in [-0.3, -0.25) is 0 Å². The van der Waals surface area contributed by atoms with Crippen molar-refractivity contribution in [1.29, 1.82) is 0 Å². The third-order valence-electron chi connectivity index (χ3n) is 4.25. The highest BCUT2D eigenvalue weighted by atomic mass is 16.5. The Morgan fingerprint density at radius 1 is 0.500 bits per heavy atom. The van der Waals surface area contributed by atoms with Crippen molar-refractivity contribution in [2.24, 2.45) is 0 Å². The molecule has 4 aromatic rings. The van der Waals surface area contributed by atoms with Gasteiger partial charge in [0.1, 0.15) is 11.5 Å². The Kier molecular flexibility index (Phi) is 2.90. The Balaban J connectivity index is 2.31. The zero-order valence-electron chi connectivity index (χ0n) is 12.6. The average Bonchev–Trinajstić information content (AvgIpc) is 2.60. The van der Waals surface area contributed by atoms with Crippen LogP contribution in [0.25, 0.3) is 32.3 Å². The first kappa shape index (κ1) is 13.0. The van der Waals surface area contributed by atoms with E-state index < -0.39 is 0 Å². The van der Waals surface area contributed by atoms with Crippen LogP contribution in [0, 0.1) is 0 Å². The maximum atomic E-state index is 5.61. The van der Waals surface area contributed by atoms with Crippen molar-refractivity contribution in [3.63, 3.8) is 0 Å². The summed E-state index contributed by atoms with van der Waals surface area (Å²) in [5.41, 5.74) is 0. The Morgan fingerprint density at radius 3 is 1.23 bits per heavy atom. The molecule has 2 heteroatoms. The lowest BCUT2D eigenvalue weighted by atomic mass is 9.96. The molecule has 4 rings (SSSR count). The van der Waals surface area contributed by atoms with Crippen LogP contribution in [0.4, 0.5) is 0 Å². The fourth-order valence-electron chi connectivity index (χ4n) is 3.22. The first-order chi connectivity index (χ1) is 10.8. The number of hydrogen-bond donors (Lipinski definition) is 0. The van der Waals surface area contributed by atoms with Crippen molar-refractivity contribution in [2.75, 3.05) is 14.2 Å². The van der Waals surface area contributed by atoms with E-state index in [-0.39, 0.29) is 0 Å². The van der Waals surface area contributed by atoms with Gasteiger partial charge in [0.15, 0.2) is 0 Å². The lowest BCUT2D eigenvalue weighted by molar-refractivity contribution is 0.419. The molecule has 0 saturated carbocycles. The second kappa shape index (κ2) is 4.92. The normalized spacial score (nSPS) is 11.2. The monoisotopic (exact) mass is 288 g/mol. The molecule has 0 bridgehead atoms. The van der Waals surface area contributed by atoms with E-state index in [1.165, 1.54) is 21.5 Å². The van der Waals surface area contributed by atoms with Gasteiger partial charge in [0.2, 0.25) is 0 Å². The van der Waals surface area contributed by atoms with Gasteiger partial charge in [-0.1, -0.05) is 48.5 Å². The van der Waals surface area contributed by atoms with Crippen LogP contribution in [-0.2, 0) is 0 Å². The molecule has 0 aromatic heterocycles. The highest BCUT2D eigenvalue weighted by Crippen LogP contribution is 2.40. The Hall–Kier alpha value is -2.74. The zero-order valence-corrected chi connectivity index (χ0v) is 12.6. The fourth-order valence-corrected chi connectivity index (χ4v) is 3.22. The summed E-state index contributed by atoms with van der Waals surface area (Å²) in [6.45, 7) is 0. The summed E-state index contributed by atoms with van der Waals surface area (Å²) in [6.07, 6.45) is 0. The molecule has 0 radical (unpaired) electrons. The van der Waals surface area contributed by atoms with E-state index in [1.54, 1.807) is 14.2 Å². The first-order valence-electron chi connectivity index (χ1n) is 7.28. The molecular formula is C20H16O2. The van der Waals surface area contributed by atoms with Crippen LogP contribution in [0.3, 0.4) is 0 Å². The number of ether oxygens (including phenoxy) is 2. The van der Waals surface area contributed by atoms with E-state index in [2.05, 4.69) is 48.5 Å². The van der Waals surface area contributed by atoms with Gasteiger partial charge in [-0.2, -0.15) is 0 Å². The van der Waals surface area contributed by atoms with Crippen LogP contribution in [0.15, 0.2) is 60.7 Å². The number of benzene rings is 4. The predicted molar refractivity (Wildman–Crippen MR) is 92.1 cm³/mol. The highest BCUT2D eigenvalue weighted by Gasteiger charge is 2.12. The first-order valence-corrected chi connectivity index (χ1v) is 7.28. The van der Waals surface area contributed by atoms with Gasteiger partial charge in [-0.25, -0.2) is 0 Å². The summed E-state index contributed by atoms with van der Waals surface area (Å²) in [7, 11) is 3.44. The molecule has 0 unspecified atom stereocenters. The number of hydrogen-bond acceptors (Lipinski definition) is 2. The van der Waals surface area contributed by atoms with Gasteiger partial charge in [-0.15, -0.1) is 0 Å². The molecule has 0 heterocycles. The average molecular weight is 288 g/mol. The summed E-state index contributed by atoms with van der Waals surface area (Å²) in [5.74, 6) is 1.80. The lowest BCUT2D eigenvalue weighted by Crippen LogP contribution is -1.90. The molecule has 0 saturated heterocycles. The Morgan fingerprint density at radius 2 is 0.864 bits per heavy atom. The third-order valence-corrected chi connectivity index (χ3v) is 4.25. The third kappa shape index (κ3) is 1.74. The molecule has 0 atom stereocenters. The lowest BCUT2D eigenvalue weighted by Gasteiger charge is -2.14. The minimum absolute atomic E-state index is 0.901. The molecule has 0 aliphatic heterocycles. The minimum atomic E-state index is 0.901. The number of methoxy groups -OCH3 is 2. The van der Waals surface area contributed by atoms with Crippen LogP contribution < -0.4 is 9.47 Å². The quantitative estimate of drug-likeness (QED) is 0.474. The summed E-state index contributed by atoms with van der Waals surface area (Å²) < 4.78 is 11.2. The van der Waals surface area contributed by atoms with Crippen molar-refractivity contribution < 1.29 is 9.47 Å². The number of rotatable bonds is 2. The second-order valence-electron chi connectivity index (χ2n) is 5.34. The van der Waals surface area contributed by atoms with Crippen molar-refractivity contribution in [2.45, 2.75) is 0 Å². The Bertz CT molecular complexity index is 919. The summed E-state index contributed by atoms with van der Waals surface area (Å²) >= 11 is 0. The van der Waals surface area contributed by atoms with Gasteiger partial charge in [0, 0.05) is 10.8 Å². The van der Waals surface area contributed by atoms with Crippen LogP contribution in [0.2, 0.25) is 0 Å². The van der Waals surface area contributed by atoms with E-state index in [9.17, 15) is 0 Å². The van der Waals surface area contributed by atoms with Gasteiger partial charge < -0.3 is 9.47 Å². The van der Waals surface area contributed by atoms with E-state index >= 15 is 0 Å². The molecular weight excluding hydrogens is 272 g/mol. The predicted octanol–water partition coefficient (Wildman–Crippen LogP) is 5.16. The fraction of sp³-hybridized carbons (Fsp3) is 0.100. The summed E-state index contributed by atoms with van der Waals surface area (Å²) in [6, 6.07) is 20.9. The molecule has 0 aliphatic rings. The van der Waals surface area contributed by atoms with Crippen LogP contribution in [-0.4, -0.2) is 14.2 Å².